The van der Waals surface area contributed by atoms with Gasteiger partial charge in [0.05, 0.1) is 17.1 Å². The minimum Gasteiger partial charge on any atom is -0.349 e. The SMILES string of the molecule is Cc1nn(Cc2ccc(F)cc2)c2sc(C(=O)NC3CCN(CC4CCCC4)CC3)cc12. The maximum absolute atomic E-state index is 13.2. The van der Waals surface area contributed by atoms with Crippen LogP contribution in [0.25, 0.3) is 10.2 Å². The molecule has 32 heavy (non-hydrogen) atoms. The highest BCUT2D eigenvalue weighted by Gasteiger charge is 2.25. The maximum Gasteiger partial charge on any atom is 0.261 e. The van der Waals surface area contributed by atoms with Gasteiger partial charge in [0.1, 0.15) is 10.6 Å². The van der Waals surface area contributed by atoms with Gasteiger partial charge in [0, 0.05) is 31.1 Å². The Labute approximate surface area is 192 Å². The lowest BCUT2D eigenvalue weighted by Crippen LogP contribution is -2.45. The fourth-order valence-electron chi connectivity index (χ4n) is 5.17. The molecule has 1 N–H and O–H groups in total. The maximum atomic E-state index is 13.2. The molecule has 0 spiro atoms. The van der Waals surface area contributed by atoms with E-state index in [1.54, 1.807) is 12.1 Å². The zero-order valence-corrected chi connectivity index (χ0v) is 19.5. The molecule has 1 aliphatic heterocycles. The molecule has 2 aliphatic rings. The van der Waals surface area contributed by atoms with E-state index in [0.717, 1.165) is 58.2 Å². The Balaban J connectivity index is 1.21. The van der Waals surface area contributed by atoms with Crippen LogP contribution in [0.5, 0.6) is 0 Å². The molecule has 5 rings (SSSR count). The molecule has 2 fully saturated rings. The molecule has 1 aromatic carbocycles. The van der Waals surface area contributed by atoms with E-state index in [1.165, 1.54) is 55.7 Å². The van der Waals surface area contributed by atoms with Gasteiger partial charge < -0.3 is 10.2 Å². The number of nitrogens with one attached hydrogen (secondary N) is 1. The largest absolute Gasteiger partial charge is 0.349 e. The highest BCUT2D eigenvalue weighted by atomic mass is 32.1. The standard InChI is InChI=1S/C25H31FN4OS/c1-17-22-14-23(32-25(22)30(28-17)16-19-6-8-20(26)9-7-19)24(31)27-21-10-12-29(13-11-21)15-18-4-2-3-5-18/h6-9,14,18,21H,2-5,10-13,15-16H2,1H3,(H,27,31). The van der Waals surface area contributed by atoms with E-state index in [1.807, 2.05) is 17.7 Å². The van der Waals surface area contributed by atoms with Gasteiger partial charge in [-0.2, -0.15) is 5.10 Å². The van der Waals surface area contributed by atoms with E-state index in [0.29, 0.717) is 6.54 Å². The smallest absolute Gasteiger partial charge is 0.261 e. The molecule has 3 heterocycles. The summed E-state index contributed by atoms with van der Waals surface area (Å²) in [6.07, 6.45) is 7.63. The average Bonchev–Trinajstić information content (AvgIpc) is 3.51. The number of amides is 1. The lowest BCUT2D eigenvalue weighted by Gasteiger charge is -2.33. The number of halogens is 1. The monoisotopic (exact) mass is 454 g/mol. The summed E-state index contributed by atoms with van der Waals surface area (Å²) in [4.78, 5) is 17.3. The number of thiophene rings is 1. The van der Waals surface area contributed by atoms with Gasteiger partial charge in [-0.15, -0.1) is 11.3 Å². The molecule has 0 atom stereocenters. The lowest BCUT2D eigenvalue weighted by atomic mass is 10.0. The van der Waals surface area contributed by atoms with Gasteiger partial charge in [0.15, 0.2) is 0 Å². The number of carbonyl (C=O) groups is 1. The highest BCUT2D eigenvalue weighted by molar-refractivity contribution is 7.20. The topological polar surface area (TPSA) is 50.2 Å². The predicted octanol–water partition coefficient (Wildman–Crippen LogP) is 4.98. The zero-order valence-electron chi connectivity index (χ0n) is 18.6. The molecular formula is C25H31FN4OS. The quantitative estimate of drug-likeness (QED) is 0.572. The summed E-state index contributed by atoms with van der Waals surface area (Å²) in [6, 6.07) is 8.71. The van der Waals surface area contributed by atoms with Crippen molar-refractivity contribution in [2.45, 2.75) is 58.0 Å². The Bertz CT molecular complexity index is 1080. The van der Waals surface area contributed by atoms with Gasteiger partial charge in [-0.3, -0.25) is 9.48 Å². The van der Waals surface area contributed by atoms with Crippen LogP contribution in [0.3, 0.4) is 0 Å². The highest BCUT2D eigenvalue weighted by Crippen LogP contribution is 2.30. The first-order chi connectivity index (χ1) is 15.5. The van der Waals surface area contributed by atoms with Gasteiger partial charge in [0.2, 0.25) is 0 Å². The summed E-state index contributed by atoms with van der Waals surface area (Å²) < 4.78 is 15.1. The summed E-state index contributed by atoms with van der Waals surface area (Å²) in [7, 11) is 0. The van der Waals surface area contributed by atoms with Gasteiger partial charge in [-0.1, -0.05) is 25.0 Å². The van der Waals surface area contributed by atoms with Crippen LogP contribution in [0.15, 0.2) is 30.3 Å². The second-order valence-electron chi connectivity index (χ2n) is 9.40. The van der Waals surface area contributed by atoms with Crippen molar-refractivity contribution in [2.24, 2.45) is 5.92 Å². The van der Waals surface area contributed by atoms with Crippen molar-refractivity contribution in [3.05, 3.63) is 52.3 Å². The molecule has 1 aliphatic carbocycles. The zero-order chi connectivity index (χ0) is 22.1. The van der Waals surface area contributed by atoms with Crippen LogP contribution >= 0.6 is 11.3 Å². The second kappa shape index (κ2) is 9.32. The van der Waals surface area contributed by atoms with E-state index < -0.39 is 0 Å². The number of likely N-dealkylation sites (tertiary alicyclic amines) is 1. The third-order valence-corrected chi connectivity index (χ3v) is 8.14. The minimum atomic E-state index is -0.241. The Morgan fingerprint density at radius 2 is 1.88 bits per heavy atom. The fourth-order valence-corrected chi connectivity index (χ4v) is 6.23. The van der Waals surface area contributed by atoms with E-state index in [2.05, 4.69) is 15.3 Å². The first kappa shape index (κ1) is 21.6. The van der Waals surface area contributed by atoms with Crippen molar-refractivity contribution in [3.8, 4) is 0 Å². The molecule has 1 saturated carbocycles. The molecule has 170 valence electrons. The third kappa shape index (κ3) is 4.74. The molecular weight excluding hydrogens is 423 g/mol. The average molecular weight is 455 g/mol. The van der Waals surface area contributed by atoms with E-state index >= 15 is 0 Å². The molecule has 1 amide bonds. The van der Waals surface area contributed by atoms with Crippen molar-refractivity contribution in [3.63, 3.8) is 0 Å². The normalized spacial score (nSPS) is 18.6. The molecule has 3 aromatic rings. The number of fused-ring (bicyclic) bond motifs is 1. The first-order valence-corrected chi connectivity index (χ1v) is 12.6. The third-order valence-electron chi connectivity index (χ3n) is 6.99. The Kier molecular flexibility index (Phi) is 6.28. The molecule has 2 aromatic heterocycles. The number of piperidine rings is 1. The number of hydrogen-bond donors (Lipinski definition) is 1. The summed E-state index contributed by atoms with van der Waals surface area (Å²) in [5.74, 6) is 0.667. The fraction of sp³-hybridized carbons (Fsp3) is 0.520. The van der Waals surface area contributed by atoms with Crippen LogP contribution in [-0.4, -0.2) is 46.3 Å². The van der Waals surface area contributed by atoms with Gasteiger partial charge in [-0.05, 0) is 62.3 Å². The van der Waals surface area contributed by atoms with Crippen LogP contribution in [0, 0.1) is 18.7 Å². The van der Waals surface area contributed by atoms with Crippen LogP contribution in [-0.2, 0) is 6.54 Å². The number of aromatic nitrogens is 2. The summed E-state index contributed by atoms with van der Waals surface area (Å²) in [5, 5.41) is 8.92. The molecule has 0 radical (unpaired) electrons. The van der Waals surface area contributed by atoms with Crippen LogP contribution in [0.1, 0.15) is 59.5 Å². The van der Waals surface area contributed by atoms with Crippen molar-refractivity contribution >= 4 is 27.5 Å². The van der Waals surface area contributed by atoms with Crippen molar-refractivity contribution in [1.82, 2.24) is 20.0 Å². The Hall–Kier alpha value is -2.25. The van der Waals surface area contributed by atoms with Crippen LogP contribution < -0.4 is 5.32 Å². The summed E-state index contributed by atoms with van der Waals surface area (Å²) in [5.41, 5.74) is 1.90. The van der Waals surface area contributed by atoms with E-state index in [4.69, 9.17) is 0 Å². The number of benzene rings is 1. The second-order valence-corrected chi connectivity index (χ2v) is 10.4. The molecule has 5 nitrogen and oxygen atoms in total. The van der Waals surface area contributed by atoms with E-state index in [9.17, 15) is 9.18 Å². The van der Waals surface area contributed by atoms with E-state index in [-0.39, 0.29) is 17.8 Å². The Morgan fingerprint density at radius 1 is 1.16 bits per heavy atom. The van der Waals surface area contributed by atoms with Crippen LogP contribution in [0.4, 0.5) is 4.39 Å². The molecule has 7 heteroatoms. The summed E-state index contributed by atoms with van der Waals surface area (Å²) in [6.45, 7) is 5.93. The predicted molar refractivity (Wildman–Crippen MR) is 127 cm³/mol. The van der Waals surface area contributed by atoms with Gasteiger partial charge in [0.25, 0.3) is 5.91 Å². The first-order valence-electron chi connectivity index (χ1n) is 11.8. The van der Waals surface area contributed by atoms with Gasteiger partial charge >= 0.3 is 0 Å². The number of hydrogen-bond acceptors (Lipinski definition) is 4. The van der Waals surface area contributed by atoms with Gasteiger partial charge in [-0.25, -0.2) is 4.39 Å². The summed E-state index contributed by atoms with van der Waals surface area (Å²) >= 11 is 1.49. The number of aryl methyl sites for hydroxylation is 1. The number of nitrogens with zero attached hydrogens (tertiary/aromatic N) is 3. The van der Waals surface area contributed by atoms with Crippen molar-refractivity contribution < 1.29 is 9.18 Å². The Morgan fingerprint density at radius 3 is 2.59 bits per heavy atom. The van der Waals surface area contributed by atoms with Crippen molar-refractivity contribution in [2.75, 3.05) is 19.6 Å². The molecule has 1 saturated heterocycles. The number of carbonyl (C=O) groups excluding carboxylic acids is 1. The minimum absolute atomic E-state index is 0.0215. The number of rotatable bonds is 6. The van der Waals surface area contributed by atoms with Crippen LogP contribution in [0.2, 0.25) is 0 Å². The lowest BCUT2D eigenvalue weighted by molar-refractivity contribution is 0.0910. The molecule has 0 unspecified atom stereocenters. The van der Waals surface area contributed by atoms with Crippen molar-refractivity contribution in [1.29, 1.82) is 0 Å². The molecule has 0 bridgehead atoms.